The molecule has 0 fully saturated rings. The van der Waals surface area contributed by atoms with Gasteiger partial charge in [-0.25, -0.2) is 0 Å². The first-order valence-corrected chi connectivity index (χ1v) is 6.53. The molecule has 0 saturated carbocycles. The van der Waals surface area contributed by atoms with Crippen molar-refractivity contribution in [2.24, 2.45) is 0 Å². The minimum atomic E-state index is -0.833. The lowest BCUT2D eigenvalue weighted by Crippen LogP contribution is -2.36. The van der Waals surface area contributed by atoms with E-state index in [-0.39, 0.29) is 5.76 Å². The number of aliphatic hydroxyl groups is 1. The fourth-order valence-corrected chi connectivity index (χ4v) is 1.90. The highest BCUT2D eigenvalue weighted by molar-refractivity contribution is 6.30. The van der Waals surface area contributed by atoms with Crippen molar-refractivity contribution < 1.29 is 14.4 Å². The number of halogens is 1. The molecule has 2 atom stereocenters. The van der Waals surface area contributed by atoms with Crippen molar-refractivity contribution in [2.45, 2.75) is 26.0 Å². The van der Waals surface area contributed by atoms with E-state index in [0.29, 0.717) is 16.3 Å². The fourth-order valence-electron chi connectivity index (χ4n) is 1.78. The lowest BCUT2D eigenvalue weighted by atomic mass is 10.0. The van der Waals surface area contributed by atoms with E-state index >= 15 is 0 Å². The van der Waals surface area contributed by atoms with Crippen molar-refractivity contribution in [2.75, 3.05) is 0 Å². The van der Waals surface area contributed by atoms with Crippen LogP contribution in [0.1, 0.15) is 34.8 Å². The van der Waals surface area contributed by atoms with Gasteiger partial charge in [-0.05, 0) is 31.5 Å². The van der Waals surface area contributed by atoms with Crippen molar-refractivity contribution >= 4 is 17.5 Å². The summed E-state index contributed by atoms with van der Waals surface area (Å²) in [5.74, 6) is -0.288. The first-order valence-electron chi connectivity index (χ1n) is 6.15. The van der Waals surface area contributed by atoms with Crippen LogP contribution in [0.4, 0.5) is 0 Å². The maximum Gasteiger partial charge on any atom is 0.290 e. The molecule has 0 aliphatic carbocycles. The number of carbonyl (C=O) groups is 1. The van der Waals surface area contributed by atoms with Crippen molar-refractivity contribution in [3.05, 3.63) is 52.4 Å². The van der Waals surface area contributed by atoms with Crippen LogP contribution >= 0.6 is 11.6 Å². The Kier molecular flexibility index (Phi) is 4.42. The molecule has 0 bridgehead atoms. The standard InChI is InChI=1S/C14H15ClN2O3/c1-8-7-12(20-17-8)14(19)16-9(2)13(18)10-3-5-11(15)6-4-10/h3-7,9,13,18H,1-2H3,(H,16,19). The van der Waals surface area contributed by atoms with Crippen LogP contribution in [0.15, 0.2) is 34.9 Å². The van der Waals surface area contributed by atoms with Gasteiger partial charge in [-0.1, -0.05) is 28.9 Å². The van der Waals surface area contributed by atoms with E-state index in [4.69, 9.17) is 16.1 Å². The Labute approximate surface area is 121 Å². The van der Waals surface area contributed by atoms with E-state index in [1.165, 1.54) is 6.07 Å². The molecule has 1 aromatic heterocycles. The zero-order valence-electron chi connectivity index (χ0n) is 11.1. The second kappa shape index (κ2) is 6.07. The Hall–Kier alpha value is -1.85. The van der Waals surface area contributed by atoms with Gasteiger partial charge in [0, 0.05) is 11.1 Å². The number of hydrogen-bond acceptors (Lipinski definition) is 4. The van der Waals surface area contributed by atoms with Gasteiger partial charge >= 0.3 is 0 Å². The molecule has 0 saturated heterocycles. The second-order valence-electron chi connectivity index (χ2n) is 4.59. The molecule has 20 heavy (non-hydrogen) atoms. The highest BCUT2D eigenvalue weighted by Gasteiger charge is 2.21. The molecule has 2 N–H and O–H groups in total. The molecule has 2 unspecified atom stereocenters. The smallest absolute Gasteiger partial charge is 0.290 e. The average molecular weight is 295 g/mol. The van der Waals surface area contributed by atoms with E-state index < -0.39 is 18.1 Å². The Morgan fingerprint density at radius 3 is 2.60 bits per heavy atom. The van der Waals surface area contributed by atoms with Crippen molar-refractivity contribution in [1.29, 1.82) is 0 Å². The van der Waals surface area contributed by atoms with Crippen molar-refractivity contribution in [3.63, 3.8) is 0 Å². The van der Waals surface area contributed by atoms with Crippen LogP contribution in [0.5, 0.6) is 0 Å². The van der Waals surface area contributed by atoms with Gasteiger partial charge in [-0.15, -0.1) is 0 Å². The largest absolute Gasteiger partial charge is 0.386 e. The van der Waals surface area contributed by atoms with Gasteiger partial charge in [0.15, 0.2) is 0 Å². The lowest BCUT2D eigenvalue weighted by Gasteiger charge is -2.20. The van der Waals surface area contributed by atoms with Crippen LogP contribution in [-0.2, 0) is 0 Å². The summed E-state index contributed by atoms with van der Waals surface area (Å²) in [4.78, 5) is 11.9. The number of carbonyl (C=O) groups excluding carboxylic acids is 1. The maximum atomic E-state index is 11.9. The number of amides is 1. The molecule has 0 aliphatic heterocycles. The molecule has 1 amide bonds. The third-order valence-corrected chi connectivity index (χ3v) is 3.15. The van der Waals surface area contributed by atoms with Gasteiger partial charge in [-0.3, -0.25) is 4.79 Å². The molecule has 0 aliphatic rings. The predicted octanol–water partition coefficient (Wildman–Crippen LogP) is 2.49. The van der Waals surface area contributed by atoms with Gasteiger partial charge in [0.1, 0.15) is 0 Å². The number of nitrogens with one attached hydrogen (secondary N) is 1. The second-order valence-corrected chi connectivity index (χ2v) is 5.03. The van der Waals surface area contributed by atoms with Crippen LogP contribution in [0, 0.1) is 6.92 Å². The zero-order valence-corrected chi connectivity index (χ0v) is 11.9. The van der Waals surface area contributed by atoms with Crippen molar-refractivity contribution in [3.8, 4) is 0 Å². The normalized spacial score (nSPS) is 13.8. The Balaban J connectivity index is 2.02. The average Bonchev–Trinajstić information content (AvgIpc) is 2.85. The number of aryl methyl sites for hydroxylation is 1. The van der Waals surface area contributed by atoms with Gasteiger partial charge in [0.05, 0.1) is 17.8 Å². The lowest BCUT2D eigenvalue weighted by molar-refractivity contribution is 0.0817. The third kappa shape index (κ3) is 3.37. The summed E-state index contributed by atoms with van der Waals surface area (Å²) >= 11 is 5.79. The predicted molar refractivity (Wildman–Crippen MR) is 74.6 cm³/mol. The Morgan fingerprint density at radius 1 is 1.40 bits per heavy atom. The van der Waals surface area contributed by atoms with Crippen LogP contribution < -0.4 is 5.32 Å². The van der Waals surface area contributed by atoms with E-state index in [9.17, 15) is 9.90 Å². The zero-order chi connectivity index (χ0) is 14.7. The van der Waals surface area contributed by atoms with E-state index in [2.05, 4.69) is 10.5 Å². The van der Waals surface area contributed by atoms with Gasteiger partial charge < -0.3 is 14.9 Å². The third-order valence-electron chi connectivity index (χ3n) is 2.90. The number of benzene rings is 1. The number of aliphatic hydroxyl groups excluding tert-OH is 1. The number of hydrogen-bond donors (Lipinski definition) is 2. The molecule has 106 valence electrons. The van der Waals surface area contributed by atoms with E-state index in [0.717, 1.165) is 0 Å². The number of rotatable bonds is 4. The summed E-state index contributed by atoms with van der Waals surface area (Å²) in [7, 11) is 0. The first-order chi connectivity index (χ1) is 9.47. The van der Waals surface area contributed by atoms with E-state index in [1.807, 2.05) is 0 Å². The molecular weight excluding hydrogens is 280 g/mol. The molecule has 0 spiro atoms. The highest BCUT2D eigenvalue weighted by Crippen LogP contribution is 2.19. The minimum absolute atomic E-state index is 0.123. The summed E-state index contributed by atoms with van der Waals surface area (Å²) in [6.45, 7) is 3.44. The molecule has 6 heteroatoms. The molecule has 1 aromatic carbocycles. The SMILES string of the molecule is Cc1cc(C(=O)NC(C)C(O)c2ccc(Cl)cc2)on1. The summed E-state index contributed by atoms with van der Waals surface area (Å²) in [6, 6.07) is 7.87. The maximum absolute atomic E-state index is 11.9. The molecule has 1 heterocycles. The minimum Gasteiger partial charge on any atom is -0.386 e. The summed E-state index contributed by atoms with van der Waals surface area (Å²) in [5.41, 5.74) is 1.30. The number of nitrogens with zero attached hydrogens (tertiary/aromatic N) is 1. The quantitative estimate of drug-likeness (QED) is 0.908. The van der Waals surface area contributed by atoms with Gasteiger partial charge in [0.25, 0.3) is 5.91 Å². The molecule has 2 aromatic rings. The van der Waals surface area contributed by atoms with Crippen LogP contribution in [0.3, 0.4) is 0 Å². The van der Waals surface area contributed by atoms with Gasteiger partial charge in [0.2, 0.25) is 5.76 Å². The summed E-state index contributed by atoms with van der Waals surface area (Å²) in [6.07, 6.45) is -0.833. The first kappa shape index (κ1) is 14.6. The molecule has 0 radical (unpaired) electrons. The number of aromatic nitrogens is 1. The molecular formula is C14H15ClN2O3. The Bertz CT molecular complexity index is 595. The van der Waals surface area contributed by atoms with Crippen LogP contribution in [0.2, 0.25) is 5.02 Å². The Morgan fingerprint density at radius 2 is 2.05 bits per heavy atom. The topological polar surface area (TPSA) is 75.4 Å². The van der Waals surface area contributed by atoms with E-state index in [1.54, 1.807) is 38.1 Å². The molecule has 2 rings (SSSR count). The van der Waals surface area contributed by atoms with Crippen LogP contribution in [-0.4, -0.2) is 22.2 Å². The summed E-state index contributed by atoms with van der Waals surface area (Å²) < 4.78 is 4.87. The fraction of sp³-hybridized carbons (Fsp3) is 0.286. The monoisotopic (exact) mass is 294 g/mol. The highest BCUT2D eigenvalue weighted by atomic mass is 35.5. The van der Waals surface area contributed by atoms with Crippen LogP contribution in [0.25, 0.3) is 0 Å². The summed E-state index contributed by atoms with van der Waals surface area (Å²) in [5, 5.41) is 17.1. The van der Waals surface area contributed by atoms with Crippen molar-refractivity contribution in [1.82, 2.24) is 10.5 Å². The molecule has 5 nitrogen and oxygen atoms in total. The van der Waals surface area contributed by atoms with Gasteiger partial charge in [-0.2, -0.15) is 0 Å².